The van der Waals surface area contributed by atoms with E-state index >= 15 is 0 Å². The van der Waals surface area contributed by atoms with Gasteiger partial charge in [0.1, 0.15) is 5.69 Å². The fourth-order valence-electron chi connectivity index (χ4n) is 6.00. The number of hydrogen-bond acceptors (Lipinski definition) is 7. The Balaban J connectivity index is 1.11. The second kappa shape index (κ2) is 11.3. The van der Waals surface area contributed by atoms with Crippen molar-refractivity contribution in [1.82, 2.24) is 24.8 Å². The fourth-order valence-corrected chi connectivity index (χ4v) is 6.00. The van der Waals surface area contributed by atoms with Gasteiger partial charge in [-0.3, -0.25) is 0 Å². The van der Waals surface area contributed by atoms with Crippen molar-refractivity contribution in [1.29, 1.82) is 0 Å². The topological polar surface area (TPSA) is 121 Å². The lowest BCUT2D eigenvalue weighted by Gasteiger charge is -2.36. The number of likely N-dealkylation sites (tertiary alicyclic amines) is 1. The molecule has 40 heavy (non-hydrogen) atoms. The average Bonchev–Trinajstić information content (AvgIpc) is 3.62. The van der Waals surface area contributed by atoms with Crippen LogP contribution in [0.3, 0.4) is 0 Å². The summed E-state index contributed by atoms with van der Waals surface area (Å²) in [6.45, 7) is 4.64. The molecule has 4 atom stereocenters. The minimum absolute atomic E-state index is 0.0643. The summed E-state index contributed by atoms with van der Waals surface area (Å²) in [4.78, 5) is 28.7. The standard InChI is InChI=1S/C30H37N9O/c1-21(23-7-6-16-38(19-23)30(40)36-24-8-3-2-4-9-24)35-29-33-15-13-28(37-29)39(31)20-34-26-18-22(11-12-27(26)39)17-25-10-5-14-32-25/h2-4,8-9,11-13,15,18,20-21,23,25,32H,5-7,10,14,16-17,19,31H2,1H3,(H-,33,35,36,37,40)/p+1. The zero-order valence-corrected chi connectivity index (χ0v) is 23.0. The van der Waals surface area contributed by atoms with Gasteiger partial charge in [0.05, 0.1) is 0 Å². The molecule has 10 nitrogen and oxygen atoms in total. The van der Waals surface area contributed by atoms with Crippen LogP contribution in [0.2, 0.25) is 0 Å². The van der Waals surface area contributed by atoms with E-state index in [9.17, 15) is 4.79 Å². The number of amides is 2. The predicted molar refractivity (Wildman–Crippen MR) is 160 cm³/mol. The highest BCUT2D eigenvalue weighted by atomic mass is 16.2. The number of carbonyl (C=O) groups is 1. The summed E-state index contributed by atoms with van der Waals surface area (Å²) < 4.78 is -0.0975. The van der Waals surface area contributed by atoms with Crippen LogP contribution in [-0.4, -0.2) is 59.0 Å². The molecule has 4 unspecified atom stereocenters. The van der Waals surface area contributed by atoms with Crippen LogP contribution in [0.1, 0.15) is 38.2 Å². The number of anilines is 2. The van der Waals surface area contributed by atoms with Gasteiger partial charge >= 0.3 is 6.03 Å². The van der Waals surface area contributed by atoms with E-state index in [1.807, 2.05) is 41.3 Å². The van der Waals surface area contributed by atoms with Gasteiger partial charge in [-0.05, 0) is 75.3 Å². The van der Waals surface area contributed by atoms with Gasteiger partial charge in [-0.15, -0.1) is 4.59 Å². The SMILES string of the molecule is CC(Nc1nccc([N+]2(N)C=Nc3cc(CC4CCCN4)ccc32)n1)C1CCCN(C(=O)Nc2ccccc2)C1. The molecule has 6 rings (SSSR count). The number of quaternary nitrogens is 1. The van der Waals surface area contributed by atoms with Crippen LogP contribution in [0, 0.1) is 5.92 Å². The Labute approximate surface area is 235 Å². The summed E-state index contributed by atoms with van der Waals surface area (Å²) in [7, 11) is 0. The minimum Gasteiger partial charge on any atom is -0.351 e. The highest BCUT2D eigenvalue weighted by Gasteiger charge is 2.38. The molecule has 3 aliphatic heterocycles. The van der Waals surface area contributed by atoms with Crippen molar-refractivity contribution >= 4 is 41.2 Å². The van der Waals surface area contributed by atoms with Crippen LogP contribution in [0.4, 0.5) is 33.6 Å². The number of nitrogens with one attached hydrogen (secondary N) is 3. The molecule has 2 aromatic carbocycles. The Kier molecular flexibility index (Phi) is 7.46. The highest BCUT2D eigenvalue weighted by Crippen LogP contribution is 2.41. The first-order chi connectivity index (χ1) is 19.5. The van der Waals surface area contributed by atoms with Crippen molar-refractivity contribution in [3.05, 3.63) is 66.4 Å². The molecule has 1 aromatic heterocycles. The molecule has 0 aliphatic carbocycles. The summed E-state index contributed by atoms with van der Waals surface area (Å²) in [6.07, 6.45) is 8.90. The first-order valence-electron chi connectivity index (χ1n) is 14.3. The van der Waals surface area contributed by atoms with Crippen molar-refractivity contribution in [3.8, 4) is 0 Å². The van der Waals surface area contributed by atoms with Crippen molar-refractivity contribution in [3.63, 3.8) is 0 Å². The third-order valence-electron chi connectivity index (χ3n) is 8.32. The molecule has 0 saturated carbocycles. The van der Waals surface area contributed by atoms with Gasteiger partial charge in [0.2, 0.25) is 12.3 Å². The average molecular weight is 541 g/mol. The van der Waals surface area contributed by atoms with Gasteiger partial charge in [-0.1, -0.05) is 24.3 Å². The van der Waals surface area contributed by atoms with Gasteiger partial charge < -0.3 is 20.9 Å². The molecule has 0 radical (unpaired) electrons. The second-order valence-electron chi connectivity index (χ2n) is 11.2. The maximum atomic E-state index is 12.9. The van der Waals surface area contributed by atoms with Crippen molar-refractivity contribution < 1.29 is 4.79 Å². The molecule has 4 heterocycles. The molecule has 5 N–H and O–H groups in total. The van der Waals surface area contributed by atoms with Gasteiger partial charge in [0.25, 0.3) is 5.82 Å². The third kappa shape index (κ3) is 5.56. The van der Waals surface area contributed by atoms with Crippen molar-refractivity contribution in [2.45, 2.75) is 51.1 Å². The number of para-hydroxylation sites is 1. The molecular weight excluding hydrogens is 502 g/mol. The van der Waals surface area contributed by atoms with Gasteiger partial charge in [0.15, 0.2) is 5.69 Å². The number of nitrogens with zero attached hydrogens (tertiary/aromatic N) is 5. The number of aromatic nitrogens is 2. The van der Waals surface area contributed by atoms with E-state index in [1.54, 1.807) is 12.5 Å². The molecule has 3 aliphatic rings. The Morgan fingerprint density at radius 1 is 1.18 bits per heavy atom. The van der Waals surface area contributed by atoms with E-state index in [0.717, 1.165) is 49.4 Å². The van der Waals surface area contributed by atoms with E-state index in [2.05, 4.69) is 51.0 Å². The number of benzene rings is 2. The quantitative estimate of drug-likeness (QED) is 0.255. The van der Waals surface area contributed by atoms with E-state index in [4.69, 9.17) is 10.8 Å². The van der Waals surface area contributed by atoms with E-state index in [-0.39, 0.29) is 22.6 Å². The number of nitrogens with two attached hydrogens (primary N) is 1. The first-order valence-corrected chi connectivity index (χ1v) is 14.3. The van der Waals surface area contributed by atoms with Crippen LogP contribution >= 0.6 is 0 Å². The largest absolute Gasteiger partial charge is 0.351 e. The summed E-state index contributed by atoms with van der Waals surface area (Å²) in [5.41, 5.74) is 3.85. The lowest BCUT2D eigenvalue weighted by Crippen LogP contribution is -2.49. The van der Waals surface area contributed by atoms with E-state index in [1.165, 1.54) is 18.4 Å². The number of urea groups is 1. The van der Waals surface area contributed by atoms with Gasteiger partial charge in [-0.25, -0.2) is 9.78 Å². The predicted octanol–water partition coefficient (Wildman–Crippen LogP) is 4.70. The van der Waals surface area contributed by atoms with Crippen molar-refractivity contribution in [2.75, 3.05) is 30.3 Å². The minimum atomic E-state index is -0.0975. The fraction of sp³-hybridized carbons (Fsp3) is 0.400. The number of piperidine rings is 1. The molecule has 3 aromatic rings. The lowest BCUT2D eigenvalue weighted by molar-refractivity contribution is 0.172. The summed E-state index contributed by atoms with van der Waals surface area (Å²) in [5, 5.41) is 10.0. The molecule has 2 amide bonds. The first kappa shape index (κ1) is 26.4. The van der Waals surface area contributed by atoms with Crippen LogP contribution in [0.5, 0.6) is 0 Å². The molecule has 0 bridgehead atoms. The number of hydrogen-bond donors (Lipinski definition) is 4. The molecule has 0 spiro atoms. The van der Waals surface area contributed by atoms with E-state index < -0.39 is 0 Å². The normalized spacial score (nSPS) is 24.5. The Hall–Kier alpha value is -3.86. The maximum Gasteiger partial charge on any atom is 0.321 e. The molecule has 10 heteroatoms. The van der Waals surface area contributed by atoms with Gasteiger partial charge in [0, 0.05) is 49.2 Å². The third-order valence-corrected chi connectivity index (χ3v) is 8.32. The summed E-state index contributed by atoms with van der Waals surface area (Å²) >= 11 is 0. The summed E-state index contributed by atoms with van der Waals surface area (Å²) in [6, 6.07) is 18.3. The number of rotatable bonds is 7. The van der Waals surface area contributed by atoms with Crippen LogP contribution in [0.25, 0.3) is 0 Å². The monoisotopic (exact) mass is 540 g/mol. The number of carbonyl (C=O) groups excluding carboxylic acids is 1. The zero-order valence-electron chi connectivity index (χ0n) is 23.0. The Morgan fingerprint density at radius 2 is 2.05 bits per heavy atom. The van der Waals surface area contributed by atoms with Crippen LogP contribution < -0.4 is 26.4 Å². The van der Waals surface area contributed by atoms with Crippen LogP contribution in [0.15, 0.2) is 65.8 Å². The molecular formula is C30H38N9O+. The maximum absolute atomic E-state index is 12.9. The smallest absolute Gasteiger partial charge is 0.321 e. The lowest BCUT2D eigenvalue weighted by atomic mass is 9.92. The van der Waals surface area contributed by atoms with E-state index in [0.29, 0.717) is 24.4 Å². The van der Waals surface area contributed by atoms with Crippen LogP contribution in [-0.2, 0) is 6.42 Å². The highest BCUT2D eigenvalue weighted by molar-refractivity contribution is 5.93. The Morgan fingerprint density at radius 3 is 2.88 bits per heavy atom. The molecule has 208 valence electrons. The van der Waals surface area contributed by atoms with Crippen molar-refractivity contribution in [2.24, 2.45) is 16.8 Å². The second-order valence-corrected chi connectivity index (χ2v) is 11.2. The number of fused-ring (bicyclic) bond motifs is 1. The van der Waals surface area contributed by atoms with Gasteiger partial charge in [-0.2, -0.15) is 15.8 Å². The zero-order chi connectivity index (χ0) is 27.5. The summed E-state index contributed by atoms with van der Waals surface area (Å²) in [5.74, 6) is 8.30. The Bertz CT molecular complexity index is 1370. The number of aliphatic imine (C=N–C) groups is 1. The molecule has 2 fully saturated rings. The molecule has 2 saturated heterocycles.